The summed E-state index contributed by atoms with van der Waals surface area (Å²) in [5, 5.41) is 3.21. The third-order valence-electron chi connectivity index (χ3n) is 6.14. The van der Waals surface area contributed by atoms with Crippen LogP contribution < -0.4 is 11.1 Å². The van der Waals surface area contributed by atoms with E-state index in [-0.39, 0.29) is 36.2 Å². The lowest BCUT2D eigenvalue weighted by Gasteiger charge is -2.35. The van der Waals surface area contributed by atoms with Gasteiger partial charge in [0.2, 0.25) is 11.8 Å². The van der Waals surface area contributed by atoms with Gasteiger partial charge in [-0.15, -0.1) is 12.4 Å². The van der Waals surface area contributed by atoms with E-state index in [1.54, 1.807) is 0 Å². The Labute approximate surface area is 174 Å². The minimum atomic E-state index is -0.115. The van der Waals surface area contributed by atoms with Crippen molar-refractivity contribution in [2.45, 2.75) is 57.4 Å². The molecule has 0 radical (unpaired) electrons. The van der Waals surface area contributed by atoms with Crippen molar-refractivity contribution in [2.75, 3.05) is 19.6 Å². The first-order chi connectivity index (χ1) is 13.2. The van der Waals surface area contributed by atoms with E-state index in [1.165, 1.54) is 19.3 Å². The van der Waals surface area contributed by atoms with Crippen LogP contribution in [0.25, 0.3) is 0 Å². The van der Waals surface area contributed by atoms with E-state index in [2.05, 4.69) is 5.32 Å². The lowest BCUT2D eigenvalue weighted by atomic mass is 9.83. The standard InChI is InChI=1S/C22H33N3O2.ClH/c23-15-20(18-10-5-2-6-11-18)24-22(27)19-12-7-13-25(16-19)21(26)14-17-8-3-1-4-9-17;/h1,3-4,8-9,18-20H,2,5-7,10-16,23H2,(H,24,27);1H. The topological polar surface area (TPSA) is 75.4 Å². The zero-order chi connectivity index (χ0) is 19.1. The monoisotopic (exact) mass is 407 g/mol. The van der Waals surface area contributed by atoms with Gasteiger partial charge in [0, 0.05) is 25.7 Å². The Morgan fingerprint density at radius 3 is 2.46 bits per heavy atom. The van der Waals surface area contributed by atoms with Crippen LogP contribution in [0, 0.1) is 11.8 Å². The molecular formula is C22H34ClN3O2. The average Bonchev–Trinajstić information content (AvgIpc) is 2.73. The molecule has 1 aromatic rings. The highest BCUT2D eigenvalue weighted by molar-refractivity contribution is 5.85. The van der Waals surface area contributed by atoms with Gasteiger partial charge in [-0.3, -0.25) is 9.59 Å². The fraction of sp³-hybridized carbons (Fsp3) is 0.636. The molecule has 1 aliphatic heterocycles. The fourth-order valence-corrected chi connectivity index (χ4v) is 4.51. The van der Waals surface area contributed by atoms with Crippen LogP contribution in [-0.2, 0) is 16.0 Å². The van der Waals surface area contributed by atoms with Gasteiger partial charge in [0.25, 0.3) is 0 Å². The number of benzene rings is 1. The van der Waals surface area contributed by atoms with Crippen molar-refractivity contribution in [1.82, 2.24) is 10.2 Å². The van der Waals surface area contributed by atoms with Crippen LogP contribution in [0.3, 0.4) is 0 Å². The van der Waals surface area contributed by atoms with Gasteiger partial charge in [-0.1, -0.05) is 49.6 Å². The summed E-state index contributed by atoms with van der Waals surface area (Å²) in [5.74, 6) is 0.581. The molecule has 0 bridgehead atoms. The van der Waals surface area contributed by atoms with E-state index >= 15 is 0 Å². The van der Waals surface area contributed by atoms with Crippen molar-refractivity contribution in [3.63, 3.8) is 0 Å². The second kappa shape index (κ2) is 11.4. The van der Waals surface area contributed by atoms with Gasteiger partial charge in [-0.05, 0) is 37.2 Å². The van der Waals surface area contributed by atoms with Crippen LogP contribution in [0.4, 0.5) is 0 Å². The molecule has 2 aliphatic rings. The Kier molecular flexibility index (Phi) is 9.26. The molecule has 6 heteroatoms. The van der Waals surface area contributed by atoms with Gasteiger partial charge in [-0.2, -0.15) is 0 Å². The van der Waals surface area contributed by atoms with E-state index in [0.717, 1.165) is 37.8 Å². The molecule has 3 N–H and O–H groups in total. The molecule has 3 rings (SSSR count). The van der Waals surface area contributed by atoms with E-state index in [1.807, 2.05) is 35.2 Å². The number of likely N-dealkylation sites (tertiary alicyclic amines) is 1. The SMILES string of the molecule is Cl.NCC(NC(=O)C1CCCN(C(=O)Cc2ccccc2)C1)C1CCCCC1. The second-order valence-electron chi connectivity index (χ2n) is 8.09. The largest absolute Gasteiger partial charge is 0.352 e. The molecule has 2 atom stereocenters. The number of hydrogen-bond acceptors (Lipinski definition) is 3. The molecule has 0 aromatic heterocycles. The zero-order valence-corrected chi connectivity index (χ0v) is 17.5. The van der Waals surface area contributed by atoms with Gasteiger partial charge >= 0.3 is 0 Å². The first kappa shape index (κ1) is 22.7. The number of nitrogens with one attached hydrogen (secondary N) is 1. The Bertz CT molecular complexity index is 619. The first-order valence-electron chi connectivity index (χ1n) is 10.5. The summed E-state index contributed by atoms with van der Waals surface area (Å²) in [6.45, 7) is 1.78. The Morgan fingerprint density at radius 2 is 1.79 bits per heavy atom. The summed E-state index contributed by atoms with van der Waals surface area (Å²) >= 11 is 0. The van der Waals surface area contributed by atoms with E-state index in [9.17, 15) is 9.59 Å². The number of amides is 2. The molecule has 2 fully saturated rings. The van der Waals surface area contributed by atoms with Crippen molar-refractivity contribution in [2.24, 2.45) is 17.6 Å². The highest BCUT2D eigenvalue weighted by Crippen LogP contribution is 2.27. The minimum Gasteiger partial charge on any atom is -0.352 e. The average molecular weight is 408 g/mol. The molecule has 1 heterocycles. The molecule has 0 spiro atoms. The molecule has 1 saturated heterocycles. The molecule has 156 valence electrons. The quantitative estimate of drug-likeness (QED) is 0.761. The first-order valence-corrected chi connectivity index (χ1v) is 10.5. The Morgan fingerprint density at radius 1 is 1.07 bits per heavy atom. The summed E-state index contributed by atoms with van der Waals surface area (Å²) < 4.78 is 0. The van der Waals surface area contributed by atoms with Crippen LogP contribution in [0.2, 0.25) is 0 Å². The number of carbonyl (C=O) groups excluding carboxylic acids is 2. The van der Waals surface area contributed by atoms with Gasteiger partial charge in [-0.25, -0.2) is 0 Å². The predicted octanol–water partition coefficient (Wildman–Crippen LogP) is 2.91. The number of carbonyl (C=O) groups is 2. The second-order valence-corrected chi connectivity index (χ2v) is 8.09. The predicted molar refractivity (Wildman–Crippen MR) is 114 cm³/mol. The van der Waals surface area contributed by atoms with Crippen LogP contribution in [-0.4, -0.2) is 42.4 Å². The summed E-state index contributed by atoms with van der Waals surface area (Å²) in [6, 6.07) is 9.88. The summed E-state index contributed by atoms with van der Waals surface area (Å²) in [6.07, 6.45) is 8.23. The lowest BCUT2D eigenvalue weighted by Crippen LogP contribution is -2.51. The number of halogens is 1. The summed E-state index contributed by atoms with van der Waals surface area (Å²) in [5.41, 5.74) is 6.99. The van der Waals surface area contributed by atoms with Gasteiger partial charge in [0.05, 0.1) is 12.3 Å². The maximum absolute atomic E-state index is 12.8. The van der Waals surface area contributed by atoms with Crippen molar-refractivity contribution in [3.05, 3.63) is 35.9 Å². The number of nitrogens with two attached hydrogens (primary N) is 1. The highest BCUT2D eigenvalue weighted by Gasteiger charge is 2.31. The molecule has 5 nitrogen and oxygen atoms in total. The van der Waals surface area contributed by atoms with E-state index < -0.39 is 0 Å². The zero-order valence-electron chi connectivity index (χ0n) is 16.6. The number of hydrogen-bond donors (Lipinski definition) is 2. The smallest absolute Gasteiger partial charge is 0.227 e. The molecule has 1 aliphatic carbocycles. The normalized spacial score (nSPS) is 21.5. The third-order valence-corrected chi connectivity index (χ3v) is 6.14. The number of piperidine rings is 1. The van der Waals surface area contributed by atoms with E-state index in [4.69, 9.17) is 5.73 Å². The van der Waals surface area contributed by atoms with Crippen LogP contribution in [0.15, 0.2) is 30.3 Å². The van der Waals surface area contributed by atoms with Crippen molar-refractivity contribution in [3.8, 4) is 0 Å². The van der Waals surface area contributed by atoms with Crippen molar-refractivity contribution in [1.29, 1.82) is 0 Å². The number of rotatable bonds is 6. The Hall–Kier alpha value is -1.59. The molecular weight excluding hydrogens is 374 g/mol. The maximum Gasteiger partial charge on any atom is 0.227 e. The van der Waals surface area contributed by atoms with Gasteiger partial charge in [0.15, 0.2) is 0 Å². The minimum absolute atomic E-state index is 0. The fourth-order valence-electron chi connectivity index (χ4n) is 4.51. The third kappa shape index (κ3) is 6.21. The Balaban J connectivity index is 0.00000280. The number of nitrogens with zero attached hydrogens (tertiary/aromatic N) is 1. The van der Waals surface area contributed by atoms with Crippen molar-refractivity contribution >= 4 is 24.2 Å². The van der Waals surface area contributed by atoms with Gasteiger partial charge in [0.1, 0.15) is 0 Å². The van der Waals surface area contributed by atoms with Crippen LogP contribution >= 0.6 is 12.4 Å². The van der Waals surface area contributed by atoms with Gasteiger partial charge < -0.3 is 16.0 Å². The lowest BCUT2D eigenvalue weighted by molar-refractivity contribution is -0.135. The molecule has 2 amide bonds. The van der Waals surface area contributed by atoms with Crippen LogP contribution in [0.5, 0.6) is 0 Å². The molecule has 28 heavy (non-hydrogen) atoms. The van der Waals surface area contributed by atoms with E-state index in [0.29, 0.717) is 25.4 Å². The molecule has 2 unspecified atom stereocenters. The molecule has 1 saturated carbocycles. The maximum atomic E-state index is 12.8. The van der Waals surface area contributed by atoms with Crippen molar-refractivity contribution < 1.29 is 9.59 Å². The summed E-state index contributed by atoms with van der Waals surface area (Å²) in [4.78, 5) is 27.3. The highest BCUT2D eigenvalue weighted by atomic mass is 35.5. The summed E-state index contributed by atoms with van der Waals surface area (Å²) in [7, 11) is 0. The molecule has 1 aromatic carbocycles. The van der Waals surface area contributed by atoms with Crippen LogP contribution in [0.1, 0.15) is 50.5 Å².